The van der Waals surface area contributed by atoms with Gasteiger partial charge in [0.05, 0.1) is 48.5 Å². The van der Waals surface area contributed by atoms with Gasteiger partial charge in [0, 0.05) is 19.3 Å². The van der Waals surface area contributed by atoms with Crippen molar-refractivity contribution in [3.8, 4) is 0 Å². The van der Waals surface area contributed by atoms with Gasteiger partial charge in [-0.1, -0.05) is 30.3 Å². The Kier molecular flexibility index (Phi) is 7.35. The highest BCUT2D eigenvalue weighted by atomic mass is 19.4. The van der Waals surface area contributed by atoms with E-state index >= 15 is 0 Å². The van der Waals surface area contributed by atoms with Crippen LogP contribution in [0.1, 0.15) is 21.5 Å². The number of hydrogen-bond donors (Lipinski definition) is 1. The first-order chi connectivity index (χ1) is 16.8. The minimum absolute atomic E-state index is 0.0153. The van der Waals surface area contributed by atoms with Crippen molar-refractivity contribution in [1.82, 2.24) is 9.78 Å². The molecule has 0 unspecified atom stereocenters. The molecule has 2 heterocycles. The molecule has 2 aromatic carbocycles. The Morgan fingerprint density at radius 2 is 1.83 bits per heavy atom. The van der Waals surface area contributed by atoms with E-state index in [-0.39, 0.29) is 11.3 Å². The van der Waals surface area contributed by atoms with E-state index in [9.17, 15) is 22.8 Å². The van der Waals surface area contributed by atoms with Crippen LogP contribution in [-0.4, -0.2) is 54.6 Å². The summed E-state index contributed by atoms with van der Waals surface area (Å²) in [4.78, 5) is 26.6. The van der Waals surface area contributed by atoms with E-state index in [4.69, 9.17) is 9.47 Å². The number of halogens is 3. The number of benzene rings is 2. The maximum absolute atomic E-state index is 13.2. The summed E-state index contributed by atoms with van der Waals surface area (Å²) in [7, 11) is 0. The molecule has 1 fully saturated rings. The van der Waals surface area contributed by atoms with Gasteiger partial charge in [-0.2, -0.15) is 18.3 Å². The second-order valence-corrected chi connectivity index (χ2v) is 7.87. The number of anilines is 2. The van der Waals surface area contributed by atoms with Gasteiger partial charge in [0.15, 0.2) is 6.61 Å². The zero-order valence-corrected chi connectivity index (χ0v) is 18.6. The molecule has 1 aliphatic rings. The van der Waals surface area contributed by atoms with Crippen LogP contribution in [0, 0.1) is 0 Å². The zero-order chi connectivity index (χ0) is 24.8. The number of nitrogens with zero attached hydrogens (tertiary/aromatic N) is 3. The Labute approximate surface area is 199 Å². The minimum atomic E-state index is -4.57. The molecule has 4 rings (SSSR count). The number of carbonyl (C=O) groups is 2. The summed E-state index contributed by atoms with van der Waals surface area (Å²) in [5, 5.41) is 6.56. The van der Waals surface area contributed by atoms with Gasteiger partial charge >= 0.3 is 12.1 Å². The van der Waals surface area contributed by atoms with Crippen molar-refractivity contribution in [3.63, 3.8) is 0 Å². The van der Waals surface area contributed by atoms with E-state index < -0.39 is 30.2 Å². The summed E-state index contributed by atoms with van der Waals surface area (Å²) >= 11 is 0. The SMILES string of the molecule is O=C(COC(=O)c1cnn(Cc2ccccc2)c1)Nc1cc(C(F)(F)F)ccc1N1CCOCC1. The van der Waals surface area contributed by atoms with Gasteiger partial charge in [-0.25, -0.2) is 4.79 Å². The standard InChI is InChI=1S/C24H23F3N4O4/c25-24(26,27)19-6-7-21(30-8-10-34-11-9-30)20(12-19)29-22(32)16-35-23(33)18-13-28-31(15-18)14-17-4-2-1-3-5-17/h1-7,12-13,15H,8-11,14,16H2,(H,29,32). The van der Waals surface area contributed by atoms with Gasteiger partial charge in [0.2, 0.25) is 0 Å². The molecule has 1 saturated heterocycles. The number of nitrogens with one attached hydrogen (secondary N) is 1. The van der Waals surface area contributed by atoms with Crippen LogP contribution < -0.4 is 10.2 Å². The molecule has 0 aliphatic carbocycles. The highest BCUT2D eigenvalue weighted by Gasteiger charge is 2.32. The van der Waals surface area contributed by atoms with Crippen molar-refractivity contribution in [2.75, 3.05) is 43.1 Å². The molecule has 1 aliphatic heterocycles. The second kappa shape index (κ2) is 10.6. The van der Waals surface area contributed by atoms with E-state index in [1.165, 1.54) is 18.5 Å². The van der Waals surface area contributed by atoms with Crippen LogP contribution in [0.5, 0.6) is 0 Å². The molecular formula is C24H23F3N4O4. The largest absolute Gasteiger partial charge is 0.452 e. The maximum Gasteiger partial charge on any atom is 0.416 e. The highest BCUT2D eigenvalue weighted by Crippen LogP contribution is 2.35. The van der Waals surface area contributed by atoms with Crippen LogP contribution in [-0.2, 0) is 27.0 Å². The van der Waals surface area contributed by atoms with E-state index in [1.807, 2.05) is 35.2 Å². The Bertz CT molecular complexity index is 1180. The molecule has 3 aromatic rings. The number of esters is 1. The van der Waals surface area contributed by atoms with Crippen LogP contribution >= 0.6 is 0 Å². The summed E-state index contributed by atoms with van der Waals surface area (Å²) in [6.45, 7) is 1.57. The fraction of sp³-hybridized carbons (Fsp3) is 0.292. The topological polar surface area (TPSA) is 85.7 Å². The van der Waals surface area contributed by atoms with Gasteiger partial charge in [0.1, 0.15) is 0 Å². The molecule has 1 amide bonds. The van der Waals surface area contributed by atoms with E-state index in [1.54, 1.807) is 4.68 Å². The Balaban J connectivity index is 1.39. The first-order valence-electron chi connectivity index (χ1n) is 10.9. The molecule has 1 aromatic heterocycles. The Morgan fingerprint density at radius 1 is 1.09 bits per heavy atom. The number of carbonyl (C=O) groups excluding carboxylic acids is 2. The number of morpholine rings is 1. The van der Waals surface area contributed by atoms with Gasteiger partial charge in [-0.15, -0.1) is 0 Å². The predicted molar refractivity (Wildman–Crippen MR) is 121 cm³/mol. The van der Waals surface area contributed by atoms with Gasteiger partial charge in [-0.3, -0.25) is 9.48 Å². The fourth-order valence-electron chi connectivity index (χ4n) is 3.62. The monoisotopic (exact) mass is 488 g/mol. The lowest BCUT2D eigenvalue weighted by atomic mass is 10.1. The molecule has 11 heteroatoms. The molecule has 184 valence electrons. The smallest absolute Gasteiger partial charge is 0.416 e. The van der Waals surface area contributed by atoms with E-state index in [0.29, 0.717) is 38.5 Å². The van der Waals surface area contributed by atoms with Crippen LogP contribution in [0.15, 0.2) is 60.9 Å². The van der Waals surface area contributed by atoms with Crippen LogP contribution in [0.2, 0.25) is 0 Å². The molecule has 8 nitrogen and oxygen atoms in total. The number of hydrogen-bond acceptors (Lipinski definition) is 6. The third-order valence-electron chi connectivity index (χ3n) is 5.34. The molecule has 0 saturated carbocycles. The average Bonchev–Trinajstić information content (AvgIpc) is 3.32. The highest BCUT2D eigenvalue weighted by molar-refractivity contribution is 5.97. The van der Waals surface area contributed by atoms with Crippen molar-refractivity contribution in [3.05, 3.63) is 77.6 Å². The van der Waals surface area contributed by atoms with E-state index in [2.05, 4.69) is 10.4 Å². The van der Waals surface area contributed by atoms with E-state index in [0.717, 1.165) is 17.7 Å². The molecule has 35 heavy (non-hydrogen) atoms. The number of alkyl halides is 3. The van der Waals surface area contributed by atoms with Gasteiger partial charge < -0.3 is 19.7 Å². The minimum Gasteiger partial charge on any atom is -0.452 e. The number of rotatable bonds is 7. The first kappa shape index (κ1) is 24.3. The third-order valence-corrected chi connectivity index (χ3v) is 5.34. The van der Waals surface area contributed by atoms with Crippen LogP contribution in [0.4, 0.5) is 24.5 Å². The summed E-state index contributed by atoms with van der Waals surface area (Å²) in [5.74, 6) is -1.53. The number of amides is 1. The summed E-state index contributed by atoms with van der Waals surface area (Å²) in [6, 6.07) is 12.7. The quantitative estimate of drug-likeness (QED) is 0.512. The van der Waals surface area contributed by atoms with Crippen molar-refractivity contribution in [2.45, 2.75) is 12.7 Å². The molecule has 1 N–H and O–H groups in total. The normalized spacial score (nSPS) is 14.0. The van der Waals surface area contributed by atoms with Crippen LogP contribution in [0.25, 0.3) is 0 Å². The molecule has 0 radical (unpaired) electrons. The molecule has 0 bridgehead atoms. The number of aromatic nitrogens is 2. The maximum atomic E-state index is 13.2. The Morgan fingerprint density at radius 3 is 2.54 bits per heavy atom. The zero-order valence-electron chi connectivity index (χ0n) is 18.6. The molecule has 0 spiro atoms. The third kappa shape index (κ3) is 6.38. The first-order valence-corrected chi connectivity index (χ1v) is 10.9. The van der Waals surface area contributed by atoms with Gasteiger partial charge in [0.25, 0.3) is 5.91 Å². The second-order valence-electron chi connectivity index (χ2n) is 7.87. The van der Waals surface area contributed by atoms with Crippen molar-refractivity contribution in [2.24, 2.45) is 0 Å². The average molecular weight is 488 g/mol. The lowest BCUT2D eigenvalue weighted by molar-refractivity contribution is -0.137. The van der Waals surface area contributed by atoms with Crippen LogP contribution in [0.3, 0.4) is 0 Å². The van der Waals surface area contributed by atoms with Crippen molar-refractivity contribution < 1.29 is 32.2 Å². The summed E-state index contributed by atoms with van der Waals surface area (Å²) in [6.07, 6.45) is -1.75. The lowest BCUT2D eigenvalue weighted by Gasteiger charge is -2.31. The summed E-state index contributed by atoms with van der Waals surface area (Å²) < 4.78 is 51.6. The van der Waals surface area contributed by atoms with Gasteiger partial charge in [-0.05, 0) is 23.8 Å². The Hall–Kier alpha value is -3.86. The molecule has 0 atom stereocenters. The number of ether oxygens (including phenoxy) is 2. The lowest BCUT2D eigenvalue weighted by Crippen LogP contribution is -2.37. The predicted octanol–water partition coefficient (Wildman–Crippen LogP) is 3.58. The summed E-state index contributed by atoms with van der Waals surface area (Å²) in [5.41, 5.74) is 0.670. The van der Waals surface area contributed by atoms with Crippen molar-refractivity contribution in [1.29, 1.82) is 0 Å². The fourth-order valence-corrected chi connectivity index (χ4v) is 3.62. The molecular weight excluding hydrogens is 465 g/mol. The van der Waals surface area contributed by atoms with Crippen molar-refractivity contribution >= 4 is 23.3 Å².